The Morgan fingerprint density at radius 3 is 2.81 bits per heavy atom. The van der Waals surface area contributed by atoms with Gasteiger partial charge in [-0.05, 0) is 61.9 Å². The summed E-state index contributed by atoms with van der Waals surface area (Å²) in [5, 5.41) is 11.3. The van der Waals surface area contributed by atoms with E-state index >= 15 is 0 Å². The zero-order valence-electron chi connectivity index (χ0n) is 15.7. The molecule has 2 atom stereocenters. The van der Waals surface area contributed by atoms with Gasteiger partial charge in [0.15, 0.2) is 5.84 Å². The number of piperidine rings is 1. The summed E-state index contributed by atoms with van der Waals surface area (Å²) in [6.45, 7) is 4.21. The van der Waals surface area contributed by atoms with E-state index < -0.39 is 0 Å². The molecule has 1 aromatic carbocycles. The molecule has 6 heteroatoms. The molecule has 3 heterocycles. The highest BCUT2D eigenvalue weighted by atomic mass is 16.2. The maximum absolute atomic E-state index is 12.7. The minimum absolute atomic E-state index is 0. The lowest BCUT2D eigenvalue weighted by Gasteiger charge is -2.54. The van der Waals surface area contributed by atoms with Crippen LogP contribution in [-0.4, -0.2) is 40.0 Å². The summed E-state index contributed by atoms with van der Waals surface area (Å²) >= 11 is 0. The number of carbonyl (C=O) groups excluding carboxylic acids is 1. The van der Waals surface area contributed by atoms with E-state index in [2.05, 4.69) is 22.2 Å². The molecule has 6 nitrogen and oxygen atoms in total. The molecule has 0 radical (unpaired) electrons. The number of aromatic nitrogens is 1. The minimum atomic E-state index is -0.0284. The number of anilines is 1. The highest BCUT2D eigenvalue weighted by Gasteiger charge is 2.46. The van der Waals surface area contributed by atoms with Crippen molar-refractivity contribution in [1.82, 2.24) is 9.88 Å². The van der Waals surface area contributed by atoms with Crippen LogP contribution in [0, 0.1) is 18.3 Å². The van der Waals surface area contributed by atoms with Crippen LogP contribution in [0.2, 0.25) is 0 Å². The Kier molecular flexibility index (Phi) is 4.56. The first kappa shape index (κ1) is 17.5. The Morgan fingerprint density at radius 2 is 2.11 bits per heavy atom. The van der Waals surface area contributed by atoms with Crippen LogP contribution in [0.1, 0.15) is 44.4 Å². The molecular formula is C21H27N5O. The highest BCUT2D eigenvalue weighted by Crippen LogP contribution is 2.41. The molecule has 27 heavy (non-hydrogen) atoms. The molecule has 0 saturated carbocycles. The van der Waals surface area contributed by atoms with Gasteiger partial charge < -0.3 is 15.2 Å². The first-order valence-corrected chi connectivity index (χ1v) is 9.47. The second kappa shape index (κ2) is 7.02. The number of rotatable bonds is 3. The van der Waals surface area contributed by atoms with Crippen LogP contribution in [-0.2, 0) is 0 Å². The molecule has 2 bridgehead atoms. The van der Waals surface area contributed by atoms with E-state index in [4.69, 9.17) is 5.41 Å². The summed E-state index contributed by atoms with van der Waals surface area (Å²) in [5.74, 6) is 0.884. The topological polar surface area (TPSA) is 84.3 Å². The number of carbonyl (C=O) groups is 1. The molecule has 2 aromatic rings. The number of hydrogen-bond acceptors (Lipinski definition) is 2. The second-order valence-corrected chi connectivity index (χ2v) is 7.72. The van der Waals surface area contributed by atoms with Crippen molar-refractivity contribution >= 4 is 23.8 Å². The Balaban J connectivity index is 0.00000225. The summed E-state index contributed by atoms with van der Waals surface area (Å²) in [6.07, 6.45) is 6.78. The molecule has 2 fully saturated rings. The predicted molar refractivity (Wildman–Crippen MR) is 110 cm³/mol. The van der Waals surface area contributed by atoms with Crippen LogP contribution in [0.25, 0.3) is 0 Å². The van der Waals surface area contributed by atoms with Gasteiger partial charge in [0, 0.05) is 31.0 Å². The van der Waals surface area contributed by atoms with Gasteiger partial charge in [-0.15, -0.1) is 0 Å². The Hall–Kier alpha value is -2.89. The smallest absolute Gasteiger partial charge is 0.322 e. The van der Waals surface area contributed by atoms with Crippen molar-refractivity contribution in [3.05, 3.63) is 53.3 Å². The van der Waals surface area contributed by atoms with Crippen LogP contribution in [0.4, 0.5) is 10.5 Å². The maximum Gasteiger partial charge on any atom is 0.322 e. The number of nitrogens with zero attached hydrogens (tertiary/aromatic N) is 2. The predicted octanol–water partition coefficient (Wildman–Crippen LogP) is 4.42. The van der Waals surface area contributed by atoms with Gasteiger partial charge in [-0.3, -0.25) is 5.41 Å². The highest BCUT2D eigenvalue weighted by molar-refractivity contribution is 6.05. The number of urea groups is 1. The van der Waals surface area contributed by atoms with E-state index in [0.29, 0.717) is 29.3 Å². The number of nitrogens with one attached hydrogen (secondary N) is 3. The molecule has 2 amide bonds. The molecule has 1 aromatic heterocycles. The quantitative estimate of drug-likeness (QED) is 0.546. The van der Waals surface area contributed by atoms with Crippen LogP contribution in [0.3, 0.4) is 0 Å². The molecule has 2 aliphatic heterocycles. The van der Waals surface area contributed by atoms with Gasteiger partial charge in [-0.1, -0.05) is 13.0 Å². The standard InChI is InChI=1S/C21H25N5O.H2/c1-13-8-17-11-18(9-13)26(17)21(27)25-15-6-5-14(2)19(10-15)20(22)24-12-16-4-3-7-23-16;/h3-7,10,12-13,17-18,22-23H,8-9,11H2,1-2H3,(H,25,27);1H. The molecule has 2 aliphatic rings. The summed E-state index contributed by atoms with van der Waals surface area (Å²) < 4.78 is 0. The number of amides is 2. The van der Waals surface area contributed by atoms with Crippen LogP contribution in [0.15, 0.2) is 41.5 Å². The number of hydrogen-bond donors (Lipinski definition) is 3. The Bertz CT molecular complexity index is 880. The van der Waals surface area contributed by atoms with Gasteiger partial charge >= 0.3 is 6.03 Å². The largest absolute Gasteiger partial charge is 0.360 e. The van der Waals surface area contributed by atoms with E-state index in [-0.39, 0.29) is 13.3 Å². The van der Waals surface area contributed by atoms with Crippen molar-refractivity contribution in [2.75, 3.05) is 5.32 Å². The molecule has 4 rings (SSSR count). The van der Waals surface area contributed by atoms with Crippen LogP contribution in [0.5, 0.6) is 0 Å². The fraction of sp³-hybridized carbons (Fsp3) is 0.381. The normalized spacial score (nSPS) is 23.9. The second-order valence-electron chi connectivity index (χ2n) is 7.72. The van der Waals surface area contributed by atoms with Gasteiger partial charge in [0.1, 0.15) is 0 Å². The molecular weight excluding hydrogens is 338 g/mol. The van der Waals surface area contributed by atoms with Crippen LogP contribution < -0.4 is 5.32 Å². The Morgan fingerprint density at radius 1 is 1.33 bits per heavy atom. The average molecular weight is 365 g/mol. The van der Waals surface area contributed by atoms with Crippen molar-refractivity contribution in [3.8, 4) is 0 Å². The first-order chi connectivity index (χ1) is 13.0. The fourth-order valence-electron chi connectivity index (χ4n) is 4.25. The lowest BCUT2D eigenvalue weighted by Crippen LogP contribution is -2.63. The summed E-state index contributed by atoms with van der Waals surface area (Å²) in [5.41, 5.74) is 3.23. The van der Waals surface area contributed by atoms with Crippen LogP contribution >= 0.6 is 0 Å². The van der Waals surface area contributed by atoms with Gasteiger partial charge in [0.2, 0.25) is 0 Å². The molecule has 2 unspecified atom stereocenters. The summed E-state index contributed by atoms with van der Waals surface area (Å²) in [4.78, 5) is 22.0. The zero-order valence-corrected chi connectivity index (χ0v) is 15.7. The minimum Gasteiger partial charge on any atom is -0.360 e. The number of fused-ring (bicyclic) bond motifs is 2. The number of aryl methyl sites for hydroxylation is 1. The van der Waals surface area contributed by atoms with E-state index in [1.165, 1.54) is 0 Å². The third-order valence-electron chi connectivity index (χ3n) is 5.61. The van der Waals surface area contributed by atoms with Crippen molar-refractivity contribution in [3.63, 3.8) is 0 Å². The number of benzene rings is 1. The molecule has 2 saturated heterocycles. The number of amidine groups is 1. The third kappa shape index (κ3) is 3.52. The fourth-order valence-corrected chi connectivity index (χ4v) is 4.25. The lowest BCUT2D eigenvalue weighted by atomic mass is 9.74. The van der Waals surface area contributed by atoms with E-state index in [1.54, 1.807) is 6.21 Å². The SMILES string of the molecule is Cc1ccc(NC(=O)N2C3CC(C)CC2C3)cc1C(=N)N=Cc1ccc[nH]1.[HH]. The molecule has 3 N–H and O–H groups in total. The van der Waals surface area contributed by atoms with Gasteiger partial charge in [0.05, 0.1) is 11.9 Å². The maximum atomic E-state index is 12.7. The lowest BCUT2D eigenvalue weighted by molar-refractivity contribution is -0.00601. The van der Waals surface area contributed by atoms with Gasteiger partial charge in [0.25, 0.3) is 0 Å². The summed E-state index contributed by atoms with van der Waals surface area (Å²) in [6, 6.07) is 10.2. The number of aliphatic imine (C=N–C) groups is 1. The monoisotopic (exact) mass is 365 g/mol. The van der Waals surface area contributed by atoms with Crippen molar-refractivity contribution in [2.24, 2.45) is 10.9 Å². The number of H-pyrrole nitrogens is 1. The third-order valence-corrected chi connectivity index (χ3v) is 5.61. The molecule has 0 spiro atoms. The number of aromatic amines is 1. The van der Waals surface area contributed by atoms with Gasteiger partial charge in [-0.2, -0.15) is 0 Å². The summed E-state index contributed by atoms with van der Waals surface area (Å²) in [7, 11) is 0. The van der Waals surface area contributed by atoms with E-state index in [0.717, 1.165) is 30.5 Å². The molecule has 0 aliphatic carbocycles. The van der Waals surface area contributed by atoms with E-state index in [9.17, 15) is 4.79 Å². The van der Waals surface area contributed by atoms with E-state index in [1.807, 2.05) is 48.4 Å². The zero-order chi connectivity index (χ0) is 19.0. The van der Waals surface area contributed by atoms with Crippen molar-refractivity contribution in [2.45, 2.75) is 45.2 Å². The molecule has 142 valence electrons. The van der Waals surface area contributed by atoms with Gasteiger partial charge in [-0.25, -0.2) is 9.79 Å². The van der Waals surface area contributed by atoms with Crippen molar-refractivity contribution < 1.29 is 6.22 Å². The first-order valence-electron chi connectivity index (χ1n) is 9.47. The Labute approximate surface area is 160 Å². The average Bonchev–Trinajstić information content (AvgIpc) is 3.14. The van der Waals surface area contributed by atoms with Crippen molar-refractivity contribution in [1.29, 1.82) is 5.41 Å².